The molecule has 0 aliphatic heterocycles. The van der Waals surface area contributed by atoms with Gasteiger partial charge in [0.1, 0.15) is 0 Å². The number of para-hydroxylation sites is 1. The average molecular weight is 292 g/mol. The molecule has 0 amide bonds. The minimum atomic E-state index is -0.211. The van der Waals surface area contributed by atoms with Gasteiger partial charge >= 0.3 is 0 Å². The maximum atomic E-state index is 9.77. The van der Waals surface area contributed by atoms with Crippen molar-refractivity contribution >= 4 is 21.6 Å². The number of fused-ring (bicyclic) bond motifs is 1. The Labute approximate surface area is 125 Å². The number of nitrogens with zero attached hydrogens (tertiary/aromatic N) is 1. The molecule has 1 aromatic heterocycles. The van der Waals surface area contributed by atoms with Crippen LogP contribution in [0.25, 0.3) is 10.2 Å². The molecule has 0 aliphatic carbocycles. The van der Waals surface area contributed by atoms with Gasteiger partial charge in [-0.25, -0.2) is 4.98 Å². The summed E-state index contributed by atoms with van der Waals surface area (Å²) in [7, 11) is 0. The van der Waals surface area contributed by atoms with Crippen molar-refractivity contribution in [1.82, 2.24) is 10.3 Å². The summed E-state index contributed by atoms with van der Waals surface area (Å²) in [5.74, 6) is 0.330. The van der Waals surface area contributed by atoms with E-state index in [-0.39, 0.29) is 6.10 Å². The first-order valence-corrected chi connectivity index (χ1v) is 8.14. The van der Waals surface area contributed by atoms with Crippen LogP contribution in [0, 0.1) is 5.92 Å². The highest BCUT2D eigenvalue weighted by Gasteiger charge is 2.11. The number of thiazole rings is 1. The fourth-order valence-electron chi connectivity index (χ4n) is 2.15. The number of aliphatic hydroxyl groups excluding tert-OH is 1. The average Bonchev–Trinajstić information content (AvgIpc) is 2.80. The SMILES string of the molecule is CC(Cc1nc2ccccc2s1)NCCC(O)C(C)C. The van der Waals surface area contributed by atoms with Gasteiger partial charge in [0.2, 0.25) is 0 Å². The van der Waals surface area contributed by atoms with Gasteiger partial charge in [0.15, 0.2) is 0 Å². The van der Waals surface area contributed by atoms with Crippen LogP contribution in [0.3, 0.4) is 0 Å². The molecule has 0 saturated carbocycles. The van der Waals surface area contributed by atoms with Gasteiger partial charge in [-0.15, -0.1) is 11.3 Å². The molecule has 0 bridgehead atoms. The molecular formula is C16H24N2OS. The summed E-state index contributed by atoms with van der Waals surface area (Å²) < 4.78 is 1.25. The van der Waals surface area contributed by atoms with Crippen LogP contribution in [-0.4, -0.2) is 28.8 Å². The van der Waals surface area contributed by atoms with Crippen molar-refractivity contribution in [2.45, 2.75) is 45.8 Å². The molecule has 2 rings (SSSR count). The van der Waals surface area contributed by atoms with Crippen molar-refractivity contribution in [2.24, 2.45) is 5.92 Å². The Balaban J connectivity index is 1.80. The number of hydrogen-bond acceptors (Lipinski definition) is 4. The van der Waals surface area contributed by atoms with Gasteiger partial charge in [-0.05, 0) is 37.9 Å². The lowest BCUT2D eigenvalue weighted by Gasteiger charge is -2.17. The van der Waals surface area contributed by atoms with Gasteiger partial charge < -0.3 is 10.4 Å². The molecule has 2 aromatic rings. The van der Waals surface area contributed by atoms with E-state index in [4.69, 9.17) is 0 Å². The van der Waals surface area contributed by atoms with Crippen LogP contribution in [0.5, 0.6) is 0 Å². The number of benzene rings is 1. The second-order valence-corrected chi connectivity index (χ2v) is 6.85. The number of rotatable bonds is 7. The second kappa shape index (κ2) is 7.16. The molecule has 0 saturated heterocycles. The van der Waals surface area contributed by atoms with Crippen molar-refractivity contribution in [3.8, 4) is 0 Å². The zero-order valence-corrected chi connectivity index (χ0v) is 13.3. The Morgan fingerprint density at radius 2 is 2.00 bits per heavy atom. The number of nitrogens with one attached hydrogen (secondary N) is 1. The van der Waals surface area contributed by atoms with E-state index in [2.05, 4.69) is 49.3 Å². The fraction of sp³-hybridized carbons (Fsp3) is 0.562. The van der Waals surface area contributed by atoms with Crippen molar-refractivity contribution in [1.29, 1.82) is 0 Å². The van der Waals surface area contributed by atoms with Gasteiger partial charge in [0, 0.05) is 12.5 Å². The zero-order valence-electron chi connectivity index (χ0n) is 12.5. The molecule has 2 unspecified atom stereocenters. The van der Waals surface area contributed by atoms with Crippen LogP contribution >= 0.6 is 11.3 Å². The highest BCUT2D eigenvalue weighted by Crippen LogP contribution is 2.22. The van der Waals surface area contributed by atoms with E-state index in [9.17, 15) is 5.11 Å². The Morgan fingerprint density at radius 3 is 2.70 bits per heavy atom. The third-order valence-electron chi connectivity index (χ3n) is 3.52. The summed E-state index contributed by atoms with van der Waals surface area (Å²) >= 11 is 1.77. The Kier molecular flexibility index (Phi) is 5.52. The van der Waals surface area contributed by atoms with Crippen molar-refractivity contribution in [3.05, 3.63) is 29.3 Å². The normalized spacial score (nSPS) is 14.8. The van der Waals surface area contributed by atoms with Crippen molar-refractivity contribution < 1.29 is 5.11 Å². The van der Waals surface area contributed by atoms with Crippen LogP contribution < -0.4 is 5.32 Å². The zero-order chi connectivity index (χ0) is 14.5. The third-order valence-corrected chi connectivity index (χ3v) is 4.58. The largest absolute Gasteiger partial charge is 0.393 e. The topological polar surface area (TPSA) is 45.2 Å². The molecule has 0 spiro atoms. The minimum absolute atomic E-state index is 0.211. The maximum absolute atomic E-state index is 9.77. The van der Waals surface area contributed by atoms with Gasteiger partial charge in [-0.2, -0.15) is 0 Å². The van der Waals surface area contributed by atoms with E-state index < -0.39 is 0 Å². The van der Waals surface area contributed by atoms with Gasteiger partial charge in [-0.1, -0.05) is 26.0 Å². The first kappa shape index (κ1) is 15.4. The maximum Gasteiger partial charge on any atom is 0.0954 e. The predicted octanol–water partition coefficient (Wildman–Crippen LogP) is 3.22. The molecule has 110 valence electrons. The summed E-state index contributed by atoms with van der Waals surface area (Å²) in [6.45, 7) is 7.13. The monoisotopic (exact) mass is 292 g/mol. The number of aliphatic hydroxyl groups is 1. The summed E-state index contributed by atoms with van der Waals surface area (Å²) in [6.07, 6.45) is 1.54. The molecular weight excluding hydrogens is 268 g/mol. The molecule has 2 N–H and O–H groups in total. The lowest BCUT2D eigenvalue weighted by atomic mass is 10.0. The lowest BCUT2D eigenvalue weighted by Crippen LogP contribution is -2.31. The predicted molar refractivity (Wildman–Crippen MR) is 86.3 cm³/mol. The Hall–Kier alpha value is -0.970. The smallest absolute Gasteiger partial charge is 0.0954 e. The van der Waals surface area contributed by atoms with Crippen LogP contribution in [-0.2, 0) is 6.42 Å². The van der Waals surface area contributed by atoms with E-state index in [1.807, 2.05) is 6.07 Å². The summed E-state index contributed by atoms with van der Waals surface area (Å²) in [5.41, 5.74) is 1.09. The van der Waals surface area contributed by atoms with E-state index >= 15 is 0 Å². The number of aromatic nitrogens is 1. The van der Waals surface area contributed by atoms with Crippen LogP contribution in [0.1, 0.15) is 32.2 Å². The van der Waals surface area contributed by atoms with E-state index in [0.717, 1.165) is 24.9 Å². The minimum Gasteiger partial charge on any atom is -0.393 e. The van der Waals surface area contributed by atoms with Crippen LogP contribution in [0.2, 0.25) is 0 Å². The summed E-state index contributed by atoms with van der Waals surface area (Å²) in [6, 6.07) is 8.65. The molecule has 1 aromatic carbocycles. The number of hydrogen-bond donors (Lipinski definition) is 2. The van der Waals surface area contributed by atoms with E-state index in [1.165, 1.54) is 9.71 Å². The molecule has 3 nitrogen and oxygen atoms in total. The van der Waals surface area contributed by atoms with E-state index in [1.54, 1.807) is 11.3 Å². The third kappa shape index (κ3) is 4.27. The molecule has 1 heterocycles. The summed E-state index contributed by atoms with van der Waals surface area (Å²) in [5, 5.41) is 14.4. The van der Waals surface area contributed by atoms with Crippen molar-refractivity contribution in [3.63, 3.8) is 0 Å². The fourth-order valence-corrected chi connectivity index (χ4v) is 3.25. The lowest BCUT2D eigenvalue weighted by molar-refractivity contribution is 0.115. The van der Waals surface area contributed by atoms with E-state index in [0.29, 0.717) is 12.0 Å². The highest BCUT2D eigenvalue weighted by molar-refractivity contribution is 7.18. The molecule has 0 aliphatic rings. The Bertz CT molecular complexity index is 505. The summed E-state index contributed by atoms with van der Waals surface area (Å²) in [4.78, 5) is 4.65. The molecule has 4 heteroatoms. The molecule has 2 atom stereocenters. The molecule has 0 fully saturated rings. The van der Waals surface area contributed by atoms with Crippen LogP contribution in [0.4, 0.5) is 0 Å². The second-order valence-electron chi connectivity index (χ2n) is 5.73. The first-order chi connectivity index (χ1) is 9.56. The van der Waals surface area contributed by atoms with Crippen molar-refractivity contribution in [2.75, 3.05) is 6.54 Å². The highest BCUT2D eigenvalue weighted by atomic mass is 32.1. The quantitative estimate of drug-likeness (QED) is 0.823. The molecule has 0 radical (unpaired) electrons. The first-order valence-electron chi connectivity index (χ1n) is 7.32. The standard InChI is InChI=1S/C16H24N2OS/c1-11(2)14(19)8-9-17-12(3)10-16-18-13-6-4-5-7-15(13)20-16/h4-7,11-12,14,17,19H,8-10H2,1-3H3. The van der Waals surface area contributed by atoms with Gasteiger partial charge in [0.25, 0.3) is 0 Å². The van der Waals surface area contributed by atoms with Gasteiger partial charge in [-0.3, -0.25) is 0 Å². The Morgan fingerprint density at radius 1 is 1.25 bits per heavy atom. The van der Waals surface area contributed by atoms with Gasteiger partial charge in [0.05, 0.1) is 21.3 Å². The molecule has 20 heavy (non-hydrogen) atoms. The van der Waals surface area contributed by atoms with Crippen LogP contribution in [0.15, 0.2) is 24.3 Å².